The highest BCUT2D eigenvalue weighted by molar-refractivity contribution is 6.04. The fourth-order valence-corrected chi connectivity index (χ4v) is 2.46. The van der Waals surface area contributed by atoms with Gasteiger partial charge in [0.2, 0.25) is 5.91 Å². The van der Waals surface area contributed by atoms with Crippen molar-refractivity contribution in [3.63, 3.8) is 0 Å². The lowest BCUT2D eigenvalue weighted by atomic mass is 10.2. The van der Waals surface area contributed by atoms with Gasteiger partial charge >= 0.3 is 0 Å². The Morgan fingerprint density at radius 1 is 0.704 bits per heavy atom. The molecule has 27 heavy (non-hydrogen) atoms. The molecule has 0 fully saturated rings. The molecular weight excluding hydrogens is 340 g/mol. The molecule has 5 nitrogen and oxygen atoms in total. The smallest absolute Gasteiger partial charge is 0.255 e. The highest BCUT2D eigenvalue weighted by Gasteiger charge is 2.07. The van der Waals surface area contributed by atoms with Crippen molar-refractivity contribution in [3.05, 3.63) is 83.9 Å². The maximum Gasteiger partial charge on any atom is 0.255 e. The van der Waals surface area contributed by atoms with E-state index in [4.69, 9.17) is 4.74 Å². The number of aryl methyl sites for hydroxylation is 1. The first kappa shape index (κ1) is 18.2. The van der Waals surface area contributed by atoms with Crippen LogP contribution in [0.25, 0.3) is 0 Å². The van der Waals surface area contributed by atoms with Gasteiger partial charge in [-0.05, 0) is 67.6 Å². The maximum absolute atomic E-state index is 12.4. The first-order chi connectivity index (χ1) is 13.0. The second kappa shape index (κ2) is 8.19. The predicted octanol–water partition coefficient (Wildman–Crippen LogP) is 5.00. The molecule has 3 aromatic carbocycles. The second-order valence-electron chi connectivity index (χ2n) is 6.15. The van der Waals surface area contributed by atoms with Gasteiger partial charge in [0.25, 0.3) is 5.91 Å². The first-order valence-corrected chi connectivity index (χ1v) is 8.53. The Morgan fingerprint density at radius 3 is 1.70 bits per heavy atom. The van der Waals surface area contributed by atoms with Crippen LogP contribution in [0.15, 0.2) is 72.8 Å². The van der Waals surface area contributed by atoms with Crippen molar-refractivity contribution in [2.75, 3.05) is 10.6 Å². The Bertz CT molecular complexity index is 931. The van der Waals surface area contributed by atoms with E-state index >= 15 is 0 Å². The van der Waals surface area contributed by atoms with Crippen LogP contribution in [0, 0.1) is 6.92 Å². The van der Waals surface area contributed by atoms with E-state index in [1.54, 1.807) is 48.5 Å². The van der Waals surface area contributed by atoms with E-state index in [0.29, 0.717) is 22.7 Å². The summed E-state index contributed by atoms with van der Waals surface area (Å²) in [6.45, 7) is 3.46. The molecule has 0 aliphatic rings. The Labute approximate surface area is 158 Å². The van der Waals surface area contributed by atoms with Crippen molar-refractivity contribution in [3.8, 4) is 11.5 Å². The third-order valence-electron chi connectivity index (χ3n) is 3.84. The van der Waals surface area contributed by atoms with Crippen LogP contribution in [0.1, 0.15) is 22.8 Å². The SMILES string of the molecule is CC(=O)Nc1ccc(NC(=O)c2ccc(Oc3ccc(C)cc3)cc2)cc1. The van der Waals surface area contributed by atoms with Crippen molar-refractivity contribution in [2.45, 2.75) is 13.8 Å². The molecule has 0 saturated heterocycles. The van der Waals surface area contributed by atoms with Gasteiger partial charge in [-0.3, -0.25) is 9.59 Å². The number of hydrogen-bond acceptors (Lipinski definition) is 3. The van der Waals surface area contributed by atoms with Gasteiger partial charge < -0.3 is 15.4 Å². The van der Waals surface area contributed by atoms with Crippen LogP contribution in [-0.4, -0.2) is 11.8 Å². The zero-order chi connectivity index (χ0) is 19.2. The van der Waals surface area contributed by atoms with Crippen LogP contribution >= 0.6 is 0 Å². The molecule has 0 bridgehead atoms. The zero-order valence-electron chi connectivity index (χ0n) is 15.2. The average molecular weight is 360 g/mol. The van der Waals surface area contributed by atoms with E-state index in [1.165, 1.54) is 12.5 Å². The molecule has 0 spiro atoms. The fraction of sp³-hybridized carbons (Fsp3) is 0.0909. The number of carbonyl (C=O) groups excluding carboxylic acids is 2. The molecule has 2 N–H and O–H groups in total. The van der Waals surface area contributed by atoms with Gasteiger partial charge in [0, 0.05) is 23.9 Å². The molecular formula is C22H20N2O3. The second-order valence-corrected chi connectivity index (χ2v) is 6.15. The number of rotatable bonds is 5. The van der Waals surface area contributed by atoms with Crippen LogP contribution < -0.4 is 15.4 Å². The van der Waals surface area contributed by atoms with Gasteiger partial charge in [0.1, 0.15) is 11.5 Å². The number of carbonyl (C=O) groups is 2. The summed E-state index contributed by atoms with van der Waals surface area (Å²) in [5, 5.41) is 5.50. The molecule has 0 aromatic heterocycles. The molecule has 0 radical (unpaired) electrons. The predicted molar refractivity (Wildman–Crippen MR) is 106 cm³/mol. The summed E-state index contributed by atoms with van der Waals surface area (Å²) in [5.74, 6) is 1.05. The summed E-state index contributed by atoms with van der Waals surface area (Å²) in [7, 11) is 0. The summed E-state index contributed by atoms with van der Waals surface area (Å²) in [6, 6.07) is 21.6. The lowest BCUT2D eigenvalue weighted by Gasteiger charge is -2.09. The van der Waals surface area contributed by atoms with E-state index in [1.807, 2.05) is 31.2 Å². The van der Waals surface area contributed by atoms with Gasteiger partial charge in [0.15, 0.2) is 0 Å². The van der Waals surface area contributed by atoms with Gasteiger partial charge in [-0.15, -0.1) is 0 Å². The van der Waals surface area contributed by atoms with Gasteiger partial charge in [0.05, 0.1) is 0 Å². The summed E-state index contributed by atoms with van der Waals surface area (Å²) < 4.78 is 5.76. The number of nitrogens with one attached hydrogen (secondary N) is 2. The molecule has 0 unspecified atom stereocenters. The third kappa shape index (κ3) is 5.19. The van der Waals surface area contributed by atoms with E-state index in [9.17, 15) is 9.59 Å². The fourth-order valence-electron chi connectivity index (χ4n) is 2.46. The van der Waals surface area contributed by atoms with Gasteiger partial charge in [-0.1, -0.05) is 17.7 Å². The first-order valence-electron chi connectivity index (χ1n) is 8.53. The number of anilines is 2. The van der Waals surface area contributed by atoms with Crippen molar-refractivity contribution in [2.24, 2.45) is 0 Å². The molecule has 0 atom stereocenters. The molecule has 136 valence electrons. The van der Waals surface area contributed by atoms with Crippen molar-refractivity contribution in [1.29, 1.82) is 0 Å². The Hall–Kier alpha value is -3.60. The minimum Gasteiger partial charge on any atom is -0.457 e. The summed E-state index contributed by atoms with van der Waals surface area (Å²) in [4.78, 5) is 23.4. The Morgan fingerprint density at radius 2 is 1.19 bits per heavy atom. The normalized spacial score (nSPS) is 10.1. The standard InChI is InChI=1S/C22H20N2O3/c1-15-3-11-20(12-4-15)27-21-13-5-17(6-14-21)22(26)24-19-9-7-18(8-10-19)23-16(2)25/h3-14H,1-2H3,(H,23,25)(H,24,26). The molecule has 0 heterocycles. The zero-order valence-corrected chi connectivity index (χ0v) is 15.2. The largest absolute Gasteiger partial charge is 0.457 e. The number of benzene rings is 3. The number of amides is 2. The highest BCUT2D eigenvalue weighted by Crippen LogP contribution is 2.22. The minimum absolute atomic E-state index is 0.139. The number of ether oxygens (including phenoxy) is 1. The van der Waals surface area contributed by atoms with Crippen molar-refractivity contribution < 1.29 is 14.3 Å². The Balaban J connectivity index is 1.61. The topological polar surface area (TPSA) is 67.4 Å². The lowest BCUT2D eigenvalue weighted by molar-refractivity contribution is -0.114. The van der Waals surface area contributed by atoms with E-state index in [2.05, 4.69) is 10.6 Å². The molecule has 0 saturated carbocycles. The van der Waals surface area contributed by atoms with Gasteiger partial charge in [-0.25, -0.2) is 0 Å². The third-order valence-corrected chi connectivity index (χ3v) is 3.84. The quantitative estimate of drug-likeness (QED) is 0.673. The average Bonchev–Trinajstić information content (AvgIpc) is 2.65. The lowest BCUT2D eigenvalue weighted by Crippen LogP contribution is -2.12. The van der Waals surface area contributed by atoms with Crippen molar-refractivity contribution >= 4 is 23.2 Å². The summed E-state index contributed by atoms with van der Waals surface area (Å²) >= 11 is 0. The minimum atomic E-state index is -0.218. The van der Waals surface area contributed by atoms with Crippen LogP contribution in [0.3, 0.4) is 0 Å². The molecule has 3 rings (SSSR count). The van der Waals surface area contributed by atoms with E-state index < -0.39 is 0 Å². The van der Waals surface area contributed by atoms with Crippen molar-refractivity contribution in [1.82, 2.24) is 0 Å². The molecule has 2 amide bonds. The van der Waals surface area contributed by atoms with Crippen LogP contribution in [0.4, 0.5) is 11.4 Å². The van der Waals surface area contributed by atoms with Crippen LogP contribution in [0.5, 0.6) is 11.5 Å². The molecule has 5 heteroatoms. The van der Waals surface area contributed by atoms with E-state index in [0.717, 1.165) is 5.75 Å². The molecule has 0 aliphatic carbocycles. The van der Waals surface area contributed by atoms with Crippen LogP contribution in [-0.2, 0) is 4.79 Å². The van der Waals surface area contributed by atoms with E-state index in [-0.39, 0.29) is 11.8 Å². The Kier molecular flexibility index (Phi) is 5.52. The molecule has 0 aliphatic heterocycles. The monoisotopic (exact) mass is 360 g/mol. The highest BCUT2D eigenvalue weighted by atomic mass is 16.5. The van der Waals surface area contributed by atoms with Crippen LogP contribution in [0.2, 0.25) is 0 Å². The summed E-state index contributed by atoms with van der Waals surface area (Å²) in [6.07, 6.45) is 0. The summed E-state index contributed by atoms with van der Waals surface area (Å²) in [5.41, 5.74) is 3.02. The van der Waals surface area contributed by atoms with Gasteiger partial charge in [-0.2, -0.15) is 0 Å². The maximum atomic E-state index is 12.4. The molecule has 3 aromatic rings. The number of hydrogen-bond donors (Lipinski definition) is 2.